The molecule has 1 aromatic carbocycles. The van der Waals surface area contributed by atoms with Gasteiger partial charge in [-0.1, -0.05) is 29.3 Å². The summed E-state index contributed by atoms with van der Waals surface area (Å²) in [5, 5.41) is 3.52. The van der Waals surface area contributed by atoms with Crippen LogP contribution in [0.5, 0.6) is 5.75 Å². The van der Waals surface area contributed by atoms with Crippen LogP contribution < -0.4 is 10.1 Å². The summed E-state index contributed by atoms with van der Waals surface area (Å²) >= 11 is 3.56. The van der Waals surface area contributed by atoms with Gasteiger partial charge in [0.2, 0.25) is 0 Å². The highest BCUT2D eigenvalue weighted by atomic mass is 79.9. The van der Waals surface area contributed by atoms with Gasteiger partial charge in [0, 0.05) is 24.2 Å². The lowest BCUT2D eigenvalue weighted by molar-refractivity contribution is 0.161. The summed E-state index contributed by atoms with van der Waals surface area (Å²) in [7, 11) is 3.43. The van der Waals surface area contributed by atoms with E-state index in [1.54, 1.807) is 14.2 Å². The van der Waals surface area contributed by atoms with Gasteiger partial charge >= 0.3 is 0 Å². The molecule has 1 rings (SSSR count). The molecule has 0 spiro atoms. The third-order valence-electron chi connectivity index (χ3n) is 2.84. The van der Waals surface area contributed by atoms with Crippen molar-refractivity contribution in [1.29, 1.82) is 0 Å². The van der Waals surface area contributed by atoms with Crippen LogP contribution in [-0.4, -0.2) is 26.9 Å². The number of hydrogen-bond acceptors (Lipinski definition) is 3. The quantitative estimate of drug-likeness (QED) is 0.798. The molecule has 0 saturated heterocycles. The molecule has 0 aliphatic heterocycles. The molecule has 0 heterocycles. The highest BCUT2D eigenvalue weighted by molar-refractivity contribution is 9.10. The number of hydrogen-bond donors (Lipinski definition) is 1. The van der Waals surface area contributed by atoms with E-state index >= 15 is 0 Å². The number of rotatable bonds is 8. The van der Waals surface area contributed by atoms with Crippen LogP contribution in [0.2, 0.25) is 0 Å². The van der Waals surface area contributed by atoms with Crippen molar-refractivity contribution in [3.8, 4) is 5.75 Å². The van der Waals surface area contributed by atoms with Gasteiger partial charge in [0.1, 0.15) is 5.75 Å². The molecule has 1 aromatic rings. The van der Waals surface area contributed by atoms with Gasteiger partial charge < -0.3 is 14.8 Å². The fourth-order valence-corrected chi connectivity index (χ4v) is 2.25. The van der Waals surface area contributed by atoms with Crippen molar-refractivity contribution in [2.45, 2.75) is 32.4 Å². The Hall–Kier alpha value is -0.580. The fraction of sp³-hybridized carbons (Fsp3) is 0.571. The first kappa shape index (κ1) is 15.5. The summed E-state index contributed by atoms with van der Waals surface area (Å²) in [4.78, 5) is 0. The molecule has 0 radical (unpaired) electrons. The molecule has 0 bridgehead atoms. The van der Waals surface area contributed by atoms with Crippen molar-refractivity contribution in [3.63, 3.8) is 0 Å². The number of nitrogens with one attached hydrogen (secondary N) is 1. The first-order chi connectivity index (χ1) is 8.71. The third-order valence-corrected chi connectivity index (χ3v) is 3.61. The van der Waals surface area contributed by atoms with Gasteiger partial charge in [0.15, 0.2) is 0 Å². The van der Waals surface area contributed by atoms with Crippen LogP contribution >= 0.6 is 15.9 Å². The molecular formula is C14H22BrNO2. The maximum atomic E-state index is 5.24. The van der Waals surface area contributed by atoms with Crippen molar-refractivity contribution >= 4 is 15.9 Å². The molecule has 1 N–H and O–H groups in total. The van der Waals surface area contributed by atoms with Gasteiger partial charge in [-0.25, -0.2) is 0 Å². The largest absolute Gasteiger partial charge is 0.497 e. The van der Waals surface area contributed by atoms with E-state index in [1.807, 2.05) is 18.2 Å². The predicted molar refractivity (Wildman–Crippen MR) is 78.1 cm³/mol. The van der Waals surface area contributed by atoms with E-state index in [1.165, 1.54) is 5.56 Å². The van der Waals surface area contributed by atoms with Crippen LogP contribution in [0.4, 0.5) is 0 Å². The van der Waals surface area contributed by atoms with E-state index < -0.39 is 0 Å². The first-order valence-electron chi connectivity index (χ1n) is 6.26. The lowest BCUT2D eigenvalue weighted by Crippen LogP contribution is -2.32. The Morgan fingerprint density at radius 3 is 2.72 bits per heavy atom. The lowest BCUT2D eigenvalue weighted by Gasteiger charge is -2.18. The Morgan fingerprint density at radius 2 is 2.11 bits per heavy atom. The molecule has 0 aliphatic rings. The van der Waals surface area contributed by atoms with E-state index in [9.17, 15) is 0 Å². The van der Waals surface area contributed by atoms with Crippen LogP contribution in [-0.2, 0) is 11.3 Å². The predicted octanol–water partition coefficient (Wildman–Crippen LogP) is 3.36. The zero-order chi connectivity index (χ0) is 13.4. The Balaban J connectivity index is 2.60. The van der Waals surface area contributed by atoms with Crippen LogP contribution in [0.1, 0.15) is 25.3 Å². The smallest absolute Gasteiger partial charge is 0.119 e. The standard InChI is InChI=1S/C14H22BrNO2/c1-4-5-12(10-17-2)16-9-11-8-13(18-3)6-7-14(11)15/h6-8,12,16H,4-5,9-10H2,1-3H3. The van der Waals surface area contributed by atoms with Gasteiger partial charge in [-0.2, -0.15) is 0 Å². The van der Waals surface area contributed by atoms with E-state index in [-0.39, 0.29) is 0 Å². The van der Waals surface area contributed by atoms with E-state index in [0.717, 1.165) is 36.2 Å². The van der Waals surface area contributed by atoms with Crippen LogP contribution in [0, 0.1) is 0 Å². The topological polar surface area (TPSA) is 30.5 Å². The van der Waals surface area contributed by atoms with Crippen LogP contribution in [0.25, 0.3) is 0 Å². The molecule has 1 unspecified atom stereocenters. The second kappa shape index (κ2) is 8.51. The number of methoxy groups -OCH3 is 2. The van der Waals surface area contributed by atoms with Crippen LogP contribution in [0.15, 0.2) is 22.7 Å². The van der Waals surface area contributed by atoms with Crippen molar-refractivity contribution in [1.82, 2.24) is 5.32 Å². The van der Waals surface area contributed by atoms with Crippen molar-refractivity contribution in [3.05, 3.63) is 28.2 Å². The zero-order valence-corrected chi connectivity index (χ0v) is 12.9. The molecule has 18 heavy (non-hydrogen) atoms. The normalized spacial score (nSPS) is 12.4. The zero-order valence-electron chi connectivity index (χ0n) is 11.3. The average molecular weight is 316 g/mol. The molecule has 0 aromatic heterocycles. The van der Waals surface area contributed by atoms with Crippen molar-refractivity contribution < 1.29 is 9.47 Å². The second-order valence-electron chi connectivity index (χ2n) is 4.28. The summed E-state index contributed by atoms with van der Waals surface area (Å²) in [6.45, 7) is 3.74. The molecule has 1 atom stereocenters. The maximum absolute atomic E-state index is 5.24. The molecule has 4 heteroatoms. The fourth-order valence-electron chi connectivity index (χ4n) is 1.86. The van der Waals surface area contributed by atoms with Gasteiger partial charge in [-0.05, 0) is 30.2 Å². The highest BCUT2D eigenvalue weighted by Gasteiger charge is 2.08. The summed E-state index contributed by atoms with van der Waals surface area (Å²) in [6.07, 6.45) is 2.27. The SMILES string of the molecule is CCCC(COC)NCc1cc(OC)ccc1Br. The molecule has 0 amide bonds. The van der Waals surface area contributed by atoms with Crippen LogP contribution in [0.3, 0.4) is 0 Å². The van der Waals surface area contributed by atoms with Gasteiger partial charge in [-0.3, -0.25) is 0 Å². The van der Waals surface area contributed by atoms with Gasteiger partial charge in [-0.15, -0.1) is 0 Å². The Bertz CT molecular complexity index is 352. The maximum Gasteiger partial charge on any atom is 0.119 e. The monoisotopic (exact) mass is 315 g/mol. The molecule has 0 saturated carbocycles. The van der Waals surface area contributed by atoms with Gasteiger partial charge in [0.25, 0.3) is 0 Å². The van der Waals surface area contributed by atoms with E-state index in [4.69, 9.17) is 9.47 Å². The Labute approximate surface area is 118 Å². The van der Waals surface area contributed by atoms with Gasteiger partial charge in [0.05, 0.1) is 13.7 Å². The average Bonchev–Trinajstić information content (AvgIpc) is 2.38. The molecule has 3 nitrogen and oxygen atoms in total. The van der Waals surface area contributed by atoms with E-state index in [0.29, 0.717) is 6.04 Å². The van der Waals surface area contributed by atoms with Crippen molar-refractivity contribution in [2.24, 2.45) is 0 Å². The minimum atomic E-state index is 0.401. The highest BCUT2D eigenvalue weighted by Crippen LogP contribution is 2.22. The summed E-state index contributed by atoms with van der Waals surface area (Å²) in [5.41, 5.74) is 1.20. The number of ether oxygens (including phenoxy) is 2. The van der Waals surface area contributed by atoms with Crippen molar-refractivity contribution in [2.75, 3.05) is 20.8 Å². The Morgan fingerprint density at radius 1 is 1.33 bits per heavy atom. The summed E-state index contributed by atoms with van der Waals surface area (Å²) in [5.74, 6) is 0.883. The summed E-state index contributed by atoms with van der Waals surface area (Å²) < 4.78 is 11.6. The second-order valence-corrected chi connectivity index (χ2v) is 5.13. The minimum absolute atomic E-state index is 0.401. The van der Waals surface area contributed by atoms with E-state index in [2.05, 4.69) is 28.2 Å². The lowest BCUT2D eigenvalue weighted by atomic mass is 10.1. The molecule has 0 aliphatic carbocycles. The minimum Gasteiger partial charge on any atom is -0.497 e. The molecule has 0 fully saturated rings. The third kappa shape index (κ3) is 4.96. The number of halogens is 1. The molecular weight excluding hydrogens is 294 g/mol. The number of benzene rings is 1. The molecule has 102 valence electrons. The summed E-state index contributed by atoms with van der Waals surface area (Å²) in [6, 6.07) is 6.42. The first-order valence-corrected chi connectivity index (χ1v) is 7.05. The Kier molecular flexibility index (Phi) is 7.32.